The largest absolute Gasteiger partial charge is 0.381 e. The van der Waals surface area contributed by atoms with Crippen LogP contribution >= 0.6 is 0 Å². The second kappa shape index (κ2) is 9.68. The van der Waals surface area contributed by atoms with E-state index in [2.05, 4.69) is 30.7 Å². The normalized spacial score (nSPS) is 15.7. The van der Waals surface area contributed by atoms with Crippen molar-refractivity contribution in [2.75, 3.05) is 31.6 Å². The Morgan fingerprint density at radius 1 is 1.12 bits per heavy atom. The maximum Gasteiger partial charge on any atom is 0.264 e. The number of hydrogen-bond acceptors (Lipinski definition) is 5. The van der Waals surface area contributed by atoms with Crippen molar-refractivity contribution < 1.29 is 13.2 Å². The molecule has 1 aliphatic rings. The van der Waals surface area contributed by atoms with Crippen molar-refractivity contribution in [3.63, 3.8) is 0 Å². The van der Waals surface area contributed by atoms with Crippen LogP contribution in [0.3, 0.4) is 0 Å². The molecular formula is C26H36N4O3S. The zero-order valence-electron chi connectivity index (χ0n) is 20.8. The summed E-state index contributed by atoms with van der Waals surface area (Å²) in [6.45, 7) is 9.73. The van der Waals surface area contributed by atoms with Crippen LogP contribution < -0.4 is 9.62 Å². The lowest BCUT2D eigenvalue weighted by Crippen LogP contribution is -2.26. The van der Waals surface area contributed by atoms with Gasteiger partial charge in [0.2, 0.25) is 0 Å². The molecular weight excluding hydrogens is 448 g/mol. The summed E-state index contributed by atoms with van der Waals surface area (Å²) in [4.78, 5) is 5.26. The minimum Gasteiger partial charge on any atom is -0.381 e. The summed E-state index contributed by atoms with van der Waals surface area (Å²) in [6.07, 6.45) is 2.10. The van der Waals surface area contributed by atoms with E-state index in [0.29, 0.717) is 18.2 Å². The SMILES string of the molecule is CNCc1ccc(S(=O)(=O)N(C)c2ccc3c(c2)nc(C(C)(C)C)n3CC2CCOCC2)cc1. The standard InChI is InChI=1S/C26H36N4O3S/c1-26(2,3)25-28-23-16-21(8-11-24(23)30(25)18-20-12-14-33-15-13-20)29(5)34(31,32)22-9-6-19(7-10-22)17-27-4/h6-11,16,20,27H,12-15,17-18H2,1-5H3. The Morgan fingerprint density at radius 2 is 1.79 bits per heavy atom. The molecule has 1 fully saturated rings. The van der Waals surface area contributed by atoms with E-state index in [9.17, 15) is 8.42 Å². The van der Waals surface area contributed by atoms with Crippen molar-refractivity contribution in [2.45, 2.75) is 57.0 Å². The van der Waals surface area contributed by atoms with Gasteiger partial charge in [0, 0.05) is 38.8 Å². The number of ether oxygens (including phenoxy) is 1. The van der Waals surface area contributed by atoms with Crippen LogP contribution in [0, 0.1) is 5.92 Å². The highest BCUT2D eigenvalue weighted by Gasteiger charge is 2.27. The summed E-state index contributed by atoms with van der Waals surface area (Å²) in [5.74, 6) is 1.58. The van der Waals surface area contributed by atoms with E-state index in [-0.39, 0.29) is 10.3 Å². The molecule has 0 aliphatic carbocycles. The van der Waals surface area contributed by atoms with Gasteiger partial charge in [-0.25, -0.2) is 13.4 Å². The Bertz CT molecular complexity index is 1240. The molecule has 0 amide bonds. The zero-order valence-corrected chi connectivity index (χ0v) is 21.7. The van der Waals surface area contributed by atoms with Crippen LogP contribution in [0.4, 0.5) is 5.69 Å². The van der Waals surface area contributed by atoms with E-state index < -0.39 is 10.0 Å². The minimum atomic E-state index is -3.68. The predicted molar refractivity (Wildman–Crippen MR) is 137 cm³/mol. The van der Waals surface area contributed by atoms with Gasteiger partial charge in [0.15, 0.2) is 0 Å². The summed E-state index contributed by atoms with van der Waals surface area (Å²) in [6, 6.07) is 12.8. The number of imidazole rings is 1. The van der Waals surface area contributed by atoms with E-state index in [1.54, 1.807) is 19.2 Å². The molecule has 0 spiro atoms. The summed E-state index contributed by atoms with van der Waals surface area (Å²) < 4.78 is 35.8. The van der Waals surface area contributed by atoms with Gasteiger partial charge in [0.05, 0.1) is 21.6 Å². The molecule has 0 bridgehead atoms. The lowest BCUT2D eigenvalue weighted by atomic mass is 9.94. The summed E-state index contributed by atoms with van der Waals surface area (Å²) in [5, 5.41) is 3.08. The average Bonchev–Trinajstić information content (AvgIpc) is 3.18. The van der Waals surface area contributed by atoms with Gasteiger partial charge in [0.25, 0.3) is 10.0 Å². The number of fused-ring (bicyclic) bond motifs is 1. The molecule has 7 nitrogen and oxygen atoms in total. The van der Waals surface area contributed by atoms with Crippen molar-refractivity contribution in [3.05, 3.63) is 53.9 Å². The van der Waals surface area contributed by atoms with Crippen molar-refractivity contribution in [1.29, 1.82) is 0 Å². The lowest BCUT2D eigenvalue weighted by molar-refractivity contribution is 0.0611. The molecule has 2 aromatic carbocycles. The molecule has 1 N–H and O–H groups in total. The van der Waals surface area contributed by atoms with E-state index in [0.717, 1.165) is 55.0 Å². The van der Waals surface area contributed by atoms with E-state index in [1.807, 2.05) is 37.4 Å². The summed E-state index contributed by atoms with van der Waals surface area (Å²) in [7, 11) is -0.218. The molecule has 0 radical (unpaired) electrons. The molecule has 0 saturated carbocycles. The monoisotopic (exact) mass is 484 g/mol. The number of nitrogens with zero attached hydrogens (tertiary/aromatic N) is 3. The number of sulfonamides is 1. The summed E-state index contributed by atoms with van der Waals surface area (Å²) in [5.41, 5.74) is 3.37. The highest BCUT2D eigenvalue weighted by Crippen LogP contribution is 2.32. The number of benzene rings is 2. The molecule has 3 aromatic rings. The summed E-state index contributed by atoms with van der Waals surface area (Å²) >= 11 is 0. The number of anilines is 1. The Kier molecular flexibility index (Phi) is 7.03. The highest BCUT2D eigenvalue weighted by molar-refractivity contribution is 7.92. The van der Waals surface area contributed by atoms with Gasteiger partial charge >= 0.3 is 0 Å². The third-order valence-corrected chi connectivity index (χ3v) is 8.31. The highest BCUT2D eigenvalue weighted by atomic mass is 32.2. The zero-order chi connectivity index (χ0) is 24.5. The number of rotatable bonds is 7. The Labute approximate surface area is 203 Å². The predicted octanol–water partition coefficient (Wildman–Crippen LogP) is 4.30. The van der Waals surface area contributed by atoms with E-state index in [4.69, 9.17) is 9.72 Å². The van der Waals surface area contributed by atoms with Crippen LogP contribution in [-0.4, -0.2) is 45.3 Å². The quantitative estimate of drug-likeness (QED) is 0.541. The smallest absolute Gasteiger partial charge is 0.264 e. The Hall–Kier alpha value is -2.42. The average molecular weight is 485 g/mol. The molecule has 1 aliphatic heterocycles. The fourth-order valence-electron chi connectivity index (χ4n) is 4.54. The van der Waals surface area contributed by atoms with Crippen LogP contribution in [0.25, 0.3) is 11.0 Å². The Balaban J connectivity index is 1.68. The second-order valence-electron chi connectivity index (χ2n) is 10.2. The molecule has 34 heavy (non-hydrogen) atoms. The van der Waals surface area contributed by atoms with Crippen LogP contribution in [0.2, 0.25) is 0 Å². The topological polar surface area (TPSA) is 76.5 Å². The fraction of sp³-hybridized carbons (Fsp3) is 0.500. The molecule has 2 heterocycles. The first-order chi connectivity index (χ1) is 16.1. The van der Waals surface area contributed by atoms with Gasteiger partial charge in [-0.05, 0) is 61.7 Å². The van der Waals surface area contributed by atoms with Gasteiger partial charge < -0.3 is 14.6 Å². The van der Waals surface area contributed by atoms with Crippen molar-refractivity contribution in [3.8, 4) is 0 Å². The maximum absolute atomic E-state index is 13.3. The number of nitrogens with one attached hydrogen (secondary N) is 1. The van der Waals surface area contributed by atoms with Crippen LogP contribution in [0.1, 0.15) is 45.0 Å². The third kappa shape index (κ3) is 4.99. The Morgan fingerprint density at radius 3 is 2.41 bits per heavy atom. The van der Waals surface area contributed by atoms with Gasteiger partial charge in [-0.2, -0.15) is 0 Å². The van der Waals surface area contributed by atoms with Crippen LogP contribution in [-0.2, 0) is 33.3 Å². The first-order valence-corrected chi connectivity index (χ1v) is 13.4. The molecule has 0 unspecified atom stereocenters. The number of hydrogen-bond donors (Lipinski definition) is 1. The molecule has 0 atom stereocenters. The van der Waals surface area contributed by atoms with Gasteiger partial charge in [-0.1, -0.05) is 32.9 Å². The van der Waals surface area contributed by atoms with E-state index in [1.165, 1.54) is 4.31 Å². The van der Waals surface area contributed by atoms with Crippen molar-refractivity contribution in [2.24, 2.45) is 5.92 Å². The molecule has 184 valence electrons. The first kappa shape index (κ1) is 24.7. The fourth-order valence-corrected chi connectivity index (χ4v) is 5.73. The lowest BCUT2D eigenvalue weighted by Gasteiger charge is -2.26. The first-order valence-electron chi connectivity index (χ1n) is 11.9. The molecule has 4 rings (SSSR count). The molecule has 8 heteroatoms. The minimum absolute atomic E-state index is 0.128. The van der Waals surface area contributed by atoms with Crippen molar-refractivity contribution >= 4 is 26.7 Å². The third-order valence-electron chi connectivity index (χ3n) is 6.51. The maximum atomic E-state index is 13.3. The van der Waals surface area contributed by atoms with Crippen LogP contribution in [0.15, 0.2) is 47.4 Å². The van der Waals surface area contributed by atoms with Crippen molar-refractivity contribution in [1.82, 2.24) is 14.9 Å². The van der Waals surface area contributed by atoms with Gasteiger partial charge in [-0.3, -0.25) is 4.31 Å². The van der Waals surface area contributed by atoms with Gasteiger partial charge in [0.1, 0.15) is 5.82 Å². The second-order valence-corrected chi connectivity index (χ2v) is 12.1. The number of aromatic nitrogens is 2. The van der Waals surface area contributed by atoms with Crippen LogP contribution in [0.5, 0.6) is 0 Å². The molecule has 1 aromatic heterocycles. The van der Waals surface area contributed by atoms with Gasteiger partial charge in [-0.15, -0.1) is 0 Å². The molecule has 1 saturated heterocycles. The van der Waals surface area contributed by atoms with E-state index >= 15 is 0 Å².